The molecule has 2 amide bonds. The summed E-state index contributed by atoms with van der Waals surface area (Å²) in [5.41, 5.74) is 7.66. The summed E-state index contributed by atoms with van der Waals surface area (Å²) in [5, 5.41) is 9.59. The quantitative estimate of drug-likeness (QED) is 0.679. The number of carbonyl (C=O) groups is 2. The number of benzene rings is 1. The molecule has 0 bridgehead atoms. The number of hydrogen-bond acceptors (Lipinski definition) is 4. The first kappa shape index (κ1) is 21.7. The van der Waals surface area contributed by atoms with Gasteiger partial charge in [0.2, 0.25) is 11.8 Å². The molecule has 2 atom stereocenters. The maximum Gasteiger partial charge on any atom is 0.239 e. The maximum absolute atomic E-state index is 12.0. The predicted molar refractivity (Wildman–Crippen MR) is 103 cm³/mol. The molecule has 26 heavy (non-hydrogen) atoms. The Morgan fingerprint density at radius 1 is 1.19 bits per heavy atom. The van der Waals surface area contributed by atoms with Crippen LogP contribution in [0.1, 0.15) is 32.4 Å². The van der Waals surface area contributed by atoms with Crippen molar-refractivity contribution in [2.45, 2.75) is 32.9 Å². The lowest BCUT2D eigenvalue weighted by molar-refractivity contribution is -0.127. The molecule has 0 saturated carbocycles. The molecular weight excluding hydrogens is 354 g/mol. The van der Waals surface area contributed by atoms with Crippen LogP contribution in [0.15, 0.2) is 42.7 Å². The van der Waals surface area contributed by atoms with Crippen LogP contribution in [-0.4, -0.2) is 34.2 Å². The molecule has 0 aliphatic carbocycles. The number of nitrogens with zero attached hydrogens (tertiary/aromatic N) is 2. The Morgan fingerprint density at radius 2 is 1.85 bits per heavy atom. The number of carbonyl (C=O) groups excluding carboxylic acids is 2. The van der Waals surface area contributed by atoms with Crippen molar-refractivity contribution < 1.29 is 9.59 Å². The van der Waals surface area contributed by atoms with E-state index in [4.69, 9.17) is 5.73 Å². The SMILES string of the molecule is CC(NC(=O)CNC(=O)[C@@H](N)C(C)C)c1ccc(-n2cccn2)cc1.Cl. The number of nitrogens with one attached hydrogen (secondary N) is 2. The molecule has 1 unspecified atom stereocenters. The number of nitrogens with two attached hydrogens (primary N) is 1. The van der Waals surface area contributed by atoms with Crippen LogP contribution in [0.3, 0.4) is 0 Å². The number of hydrogen-bond donors (Lipinski definition) is 3. The lowest BCUT2D eigenvalue weighted by atomic mass is 10.1. The van der Waals surface area contributed by atoms with Gasteiger partial charge in [-0.1, -0.05) is 26.0 Å². The van der Waals surface area contributed by atoms with Gasteiger partial charge in [-0.05, 0) is 36.6 Å². The van der Waals surface area contributed by atoms with E-state index in [0.717, 1.165) is 11.3 Å². The van der Waals surface area contributed by atoms with Crippen LogP contribution in [0, 0.1) is 5.92 Å². The summed E-state index contributed by atoms with van der Waals surface area (Å²) >= 11 is 0. The number of rotatable bonds is 7. The standard InChI is InChI=1S/C18H25N5O2.ClH/c1-12(2)17(19)18(25)20-11-16(24)22-13(3)14-5-7-15(8-6-14)23-10-4-9-21-23;/h4-10,12-13,17H,11,19H2,1-3H3,(H,20,25)(H,22,24);1H/t13?,17-;/m0./s1. The molecule has 1 heterocycles. The molecule has 0 aliphatic rings. The Kier molecular flexibility index (Phi) is 8.28. The summed E-state index contributed by atoms with van der Waals surface area (Å²) in [7, 11) is 0. The molecule has 4 N–H and O–H groups in total. The van der Waals surface area contributed by atoms with Crippen molar-refractivity contribution in [3.63, 3.8) is 0 Å². The second-order valence-corrected chi connectivity index (χ2v) is 6.32. The van der Waals surface area contributed by atoms with Gasteiger partial charge in [0.05, 0.1) is 24.3 Å². The van der Waals surface area contributed by atoms with Gasteiger partial charge in [-0.2, -0.15) is 5.10 Å². The van der Waals surface area contributed by atoms with Crippen molar-refractivity contribution in [2.24, 2.45) is 11.7 Å². The molecule has 0 saturated heterocycles. The smallest absolute Gasteiger partial charge is 0.239 e. The zero-order valence-corrected chi connectivity index (χ0v) is 16.0. The highest BCUT2D eigenvalue weighted by Gasteiger charge is 2.18. The Labute approximate surface area is 159 Å². The van der Waals surface area contributed by atoms with Gasteiger partial charge in [-0.3, -0.25) is 9.59 Å². The largest absolute Gasteiger partial charge is 0.348 e. The van der Waals surface area contributed by atoms with Crippen LogP contribution in [0.5, 0.6) is 0 Å². The molecule has 0 radical (unpaired) electrons. The van der Waals surface area contributed by atoms with E-state index in [-0.39, 0.29) is 42.7 Å². The summed E-state index contributed by atoms with van der Waals surface area (Å²) in [6, 6.07) is 8.83. The van der Waals surface area contributed by atoms with Crippen LogP contribution in [0.25, 0.3) is 5.69 Å². The Hall–Kier alpha value is -2.38. The highest BCUT2D eigenvalue weighted by atomic mass is 35.5. The van der Waals surface area contributed by atoms with E-state index in [1.54, 1.807) is 10.9 Å². The Balaban J connectivity index is 0.00000338. The molecule has 8 heteroatoms. The summed E-state index contributed by atoms with van der Waals surface area (Å²) in [6.45, 7) is 5.52. The average molecular weight is 380 g/mol. The van der Waals surface area contributed by atoms with Crippen molar-refractivity contribution in [3.05, 3.63) is 48.3 Å². The molecule has 0 spiro atoms. The summed E-state index contributed by atoms with van der Waals surface area (Å²) in [5.74, 6) is -0.551. The normalized spacial score (nSPS) is 12.8. The van der Waals surface area contributed by atoms with Crippen molar-refractivity contribution in [1.82, 2.24) is 20.4 Å². The van der Waals surface area contributed by atoms with E-state index < -0.39 is 6.04 Å². The van der Waals surface area contributed by atoms with Gasteiger partial charge in [0.1, 0.15) is 0 Å². The minimum atomic E-state index is -0.611. The maximum atomic E-state index is 12.0. The van der Waals surface area contributed by atoms with E-state index in [1.807, 2.05) is 57.3 Å². The molecule has 7 nitrogen and oxygen atoms in total. The minimum absolute atomic E-state index is 0. The molecule has 0 aliphatic heterocycles. The Morgan fingerprint density at radius 3 is 2.38 bits per heavy atom. The van der Waals surface area contributed by atoms with E-state index in [0.29, 0.717) is 0 Å². The highest BCUT2D eigenvalue weighted by molar-refractivity contribution is 5.87. The molecular formula is C18H26ClN5O2. The molecule has 2 aromatic rings. The van der Waals surface area contributed by atoms with Gasteiger partial charge in [0.25, 0.3) is 0 Å². The summed E-state index contributed by atoms with van der Waals surface area (Å²) < 4.78 is 1.76. The summed E-state index contributed by atoms with van der Waals surface area (Å²) in [4.78, 5) is 23.8. The van der Waals surface area contributed by atoms with Gasteiger partial charge in [-0.15, -0.1) is 12.4 Å². The van der Waals surface area contributed by atoms with Gasteiger partial charge in [-0.25, -0.2) is 4.68 Å². The Bertz CT molecular complexity index is 701. The minimum Gasteiger partial charge on any atom is -0.348 e. The lowest BCUT2D eigenvalue weighted by Gasteiger charge is -2.17. The van der Waals surface area contributed by atoms with Gasteiger partial charge in [0, 0.05) is 12.4 Å². The summed E-state index contributed by atoms with van der Waals surface area (Å²) in [6.07, 6.45) is 3.58. The fourth-order valence-electron chi connectivity index (χ4n) is 2.30. The highest BCUT2D eigenvalue weighted by Crippen LogP contribution is 2.15. The van der Waals surface area contributed by atoms with Gasteiger partial charge < -0.3 is 16.4 Å². The number of amides is 2. The van der Waals surface area contributed by atoms with E-state index in [1.165, 1.54) is 0 Å². The predicted octanol–water partition coefficient (Wildman–Crippen LogP) is 1.57. The molecule has 0 fully saturated rings. The van der Waals surface area contributed by atoms with Crippen molar-refractivity contribution in [3.8, 4) is 5.69 Å². The number of halogens is 1. The van der Waals surface area contributed by atoms with Crippen LogP contribution < -0.4 is 16.4 Å². The first-order valence-corrected chi connectivity index (χ1v) is 8.31. The number of aromatic nitrogens is 2. The third-order valence-electron chi connectivity index (χ3n) is 3.98. The topological polar surface area (TPSA) is 102 Å². The molecule has 142 valence electrons. The van der Waals surface area contributed by atoms with Crippen LogP contribution >= 0.6 is 12.4 Å². The van der Waals surface area contributed by atoms with E-state index in [2.05, 4.69) is 15.7 Å². The average Bonchev–Trinajstić information content (AvgIpc) is 3.13. The van der Waals surface area contributed by atoms with E-state index in [9.17, 15) is 9.59 Å². The third-order valence-corrected chi connectivity index (χ3v) is 3.98. The molecule has 1 aromatic heterocycles. The first-order chi connectivity index (χ1) is 11.9. The van der Waals surface area contributed by atoms with Crippen LogP contribution in [0.2, 0.25) is 0 Å². The zero-order chi connectivity index (χ0) is 18.4. The van der Waals surface area contributed by atoms with Crippen LogP contribution in [-0.2, 0) is 9.59 Å². The fraction of sp³-hybridized carbons (Fsp3) is 0.389. The second-order valence-electron chi connectivity index (χ2n) is 6.32. The van der Waals surface area contributed by atoms with E-state index >= 15 is 0 Å². The van der Waals surface area contributed by atoms with Crippen molar-refractivity contribution in [1.29, 1.82) is 0 Å². The molecule has 2 rings (SSSR count). The van der Waals surface area contributed by atoms with Crippen molar-refractivity contribution >= 4 is 24.2 Å². The van der Waals surface area contributed by atoms with Crippen LogP contribution in [0.4, 0.5) is 0 Å². The van der Waals surface area contributed by atoms with Gasteiger partial charge in [0.15, 0.2) is 0 Å². The first-order valence-electron chi connectivity index (χ1n) is 8.31. The zero-order valence-electron chi connectivity index (χ0n) is 15.2. The van der Waals surface area contributed by atoms with Crippen molar-refractivity contribution in [2.75, 3.05) is 6.54 Å². The fourth-order valence-corrected chi connectivity index (χ4v) is 2.30. The second kappa shape index (κ2) is 9.94. The third kappa shape index (κ3) is 5.86. The monoisotopic (exact) mass is 379 g/mol. The lowest BCUT2D eigenvalue weighted by Crippen LogP contribution is -2.47. The van der Waals surface area contributed by atoms with Gasteiger partial charge >= 0.3 is 0 Å². The molecule has 1 aromatic carbocycles.